The molecule has 1 rings (SSSR count). The van der Waals surface area contributed by atoms with Gasteiger partial charge in [-0.15, -0.1) is 0 Å². The molecule has 0 aliphatic heterocycles. The van der Waals surface area contributed by atoms with Gasteiger partial charge in [-0.05, 0) is 24.8 Å². The molecule has 0 heterocycles. The van der Waals surface area contributed by atoms with Gasteiger partial charge < -0.3 is 0 Å². The zero-order chi connectivity index (χ0) is 15.1. The summed E-state index contributed by atoms with van der Waals surface area (Å²) >= 11 is 0. The van der Waals surface area contributed by atoms with E-state index in [0.29, 0.717) is 0 Å². The largest absolute Gasteiger partial charge is 0.239 e. The van der Waals surface area contributed by atoms with Crippen LogP contribution in [-0.2, 0) is 5.67 Å². The molecule has 1 aromatic rings. The molecule has 0 radical (unpaired) electrons. The molecular formula is C12H17F. The fourth-order valence-corrected chi connectivity index (χ4v) is 1.18. The summed E-state index contributed by atoms with van der Waals surface area (Å²) in [6.45, 7) is -1.06. The maximum Gasteiger partial charge on any atom is 0.133 e. The molecule has 72 valence electrons. The number of hydrogen-bond donors (Lipinski definition) is 0. The van der Waals surface area contributed by atoms with E-state index in [2.05, 4.69) is 0 Å². The minimum atomic E-state index is -2.93. The van der Waals surface area contributed by atoms with Crippen LogP contribution in [-0.4, -0.2) is 0 Å². The molecule has 0 spiro atoms. The second-order valence-corrected chi connectivity index (χ2v) is 3.12. The third-order valence-electron chi connectivity index (χ3n) is 1.74. The third kappa shape index (κ3) is 2.83. The van der Waals surface area contributed by atoms with Crippen LogP contribution in [0.2, 0.25) is 0 Å². The van der Waals surface area contributed by atoms with Crippen molar-refractivity contribution < 1.29 is 12.6 Å². The maximum atomic E-state index is 14.9. The molecule has 0 bridgehead atoms. The van der Waals surface area contributed by atoms with Crippen LogP contribution in [0, 0.1) is 5.89 Å². The highest BCUT2D eigenvalue weighted by atomic mass is 19.1. The Kier molecular flexibility index (Phi) is 1.38. The minimum absolute atomic E-state index is 0.0164. The van der Waals surface area contributed by atoms with E-state index in [1.807, 2.05) is 0 Å². The Bertz CT molecular complexity index is 435. The Morgan fingerprint density at radius 1 is 1.62 bits per heavy atom. The Balaban J connectivity index is 3.34. The number of rotatable bonds is 3. The molecule has 0 aromatic heterocycles. The van der Waals surface area contributed by atoms with E-state index in [4.69, 9.17) is 8.22 Å². The molecule has 1 heteroatoms. The minimum Gasteiger partial charge on any atom is -0.239 e. The molecule has 0 amide bonds. The summed E-state index contributed by atoms with van der Waals surface area (Å²) in [6.07, 6.45) is -2.88. The molecule has 2 atom stereocenters. The molecule has 0 saturated heterocycles. The van der Waals surface area contributed by atoms with Gasteiger partial charge in [0.25, 0.3) is 0 Å². The smallest absolute Gasteiger partial charge is 0.133 e. The van der Waals surface area contributed by atoms with Gasteiger partial charge in [0.2, 0.25) is 0 Å². The SMILES string of the molecule is [2H]C([2H])([2H])C([2H])(C)C([2H])([2H])[C@](C)(F)c1ccccc1. The highest BCUT2D eigenvalue weighted by Crippen LogP contribution is 2.31. The van der Waals surface area contributed by atoms with Crippen molar-refractivity contribution in [2.45, 2.75) is 32.7 Å². The van der Waals surface area contributed by atoms with Gasteiger partial charge in [0, 0.05) is 8.22 Å². The fraction of sp³-hybridized carbons (Fsp3) is 0.500. The Labute approximate surface area is 88.2 Å². The van der Waals surface area contributed by atoms with E-state index >= 15 is 0 Å². The predicted octanol–water partition coefficient (Wildman–Crippen LogP) is 3.92. The van der Waals surface area contributed by atoms with Gasteiger partial charge in [-0.3, -0.25) is 0 Å². The normalized spacial score (nSPS) is 29.2. The first-order valence-electron chi connectivity index (χ1n) is 7.10. The van der Waals surface area contributed by atoms with Crippen molar-refractivity contribution in [2.75, 3.05) is 0 Å². The highest BCUT2D eigenvalue weighted by molar-refractivity contribution is 5.21. The number of halogens is 1. The quantitative estimate of drug-likeness (QED) is 0.671. The lowest BCUT2D eigenvalue weighted by Gasteiger charge is -2.22. The van der Waals surface area contributed by atoms with Gasteiger partial charge in [-0.25, -0.2) is 4.39 Å². The van der Waals surface area contributed by atoms with Crippen molar-refractivity contribution >= 4 is 0 Å². The van der Waals surface area contributed by atoms with Crippen LogP contribution in [0.5, 0.6) is 0 Å². The lowest BCUT2D eigenvalue weighted by molar-refractivity contribution is 0.154. The van der Waals surface area contributed by atoms with Crippen LogP contribution >= 0.6 is 0 Å². The zero-order valence-electron chi connectivity index (χ0n) is 13.8. The molecule has 0 nitrogen and oxygen atoms in total. The van der Waals surface area contributed by atoms with E-state index in [0.717, 1.165) is 13.8 Å². The summed E-state index contributed by atoms with van der Waals surface area (Å²) in [5.74, 6) is -2.57. The lowest BCUT2D eigenvalue weighted by atomic mass is 9.89. The van der Waals surface area contributed by atoms with Gasteiger partial charge in [-0.1, -0.05) is 44.1 Å². The van der Waals surface area contributed by atoms with E-state index in [-0.39, 0.29) is 5.56 Å². The molecule has 0 aliphatic rings. The number of hydrogen-bond acceptors (Lipinski definition) is 0. The Hall–Kier alpha value is -0.850. The van der Waals surface area contributed by atoms with Crippen LogP contribution in [0.25, 0.3) is 0 Å². The summed E-state index contributed by atoms with van der Waals surface area (Å²) in [4.78, 5) is 0. The molecule has 1 unspecified atom stereocenters. The van der Waals surface area contributed by atoms with Gasteiger partial charge in [0.05, 0.1) is 0 Å². The van der Waals surface area contributed by atoms with Crippen LogP contribution in [0.1, 0.15) is 40.9 Å². The topological polar surface area (TPSA) is 0 Å². The summed E-state index contributed by atoms with van der Waals surface area (Å²) in [5, 5.41) is 0. The average Bonchev–Trinajstić information content (AvgIpc) is 2.28. The van der Waals surface area contributed by atoms with Crippen molar-refractivity contribution in [2.24, 2.45) is 5.89 Å². The van der Waals surface area contributed by atoms with Gasteiger partial charge in [-0.2, -0.15) is 0 Å². The molecule has 0 fully saturated rings. The van der Waals surface area contributed by atoms with E-state index in [1.165, 1.54) is 12.1 Å². The second-order valence-electron chi connectivity index (χ2n) is 3.12. The third-order valence-corrected chi connectivity index (χ3v) is 1.74. The first-order valence-corrected chi connectivity index (χ1v) is 4.10. The van der Waals surface area contributed by atoms with Crippen molar-refractivity contribution in [3.05, 3.63) is 35.9 Å². The molecule has 0 aliphatic carbocycles. The lowest BCUT2D eigenvalue weighted by Crippen LogP contribution is -2.17. The van der Waals surface area contributed by atoms with Crippen LogP contribution in [0.15, 0.2) is 30.3 Å². The van der Waals surface area contributed by atoms with Crippen molar-refractivity contribution in [1.29, 1.82) is 0 Å². The number of alkyl halides is 1. The van der Waals surface area contributed by atoms with Gasteiger partial charge >= 0.3 is 0 Å². The second kappa shape index (κ2) is 3.91. The summed E-state index contributed by atoms with van der Waals surface area (Å²) in [6, 6.07) is 7.50. The van der Waals surface area contributed by atoms with Gasteiger partial charge in [0.15, 0.2) is 0 Å². The first-order chi connectivity index (χ1) is 8.36. The van der Waals surface area contributed by atoms with E-state index in [9.17, 15) is 4.39 Å². The summed E-state index contributed by atoms with van der Waals surface area (Å²) < 4.78 is 60.2. The molecule has 0 N–H and O–H groups in total. The van der Waals surface area contributed by atoms with E-state index < -0.39 is 24.8 Å². The predicted molar refractivity (Wildman–Crippen MR) is 54.4 cm³/mol. The van der Waals surface area contributed by atoms with Crippen molar-refractivity contribution in [1.82, 2.24) is 0 Å². The average molecular weight is 186 g/mol. The molecule has 1 aromatic carbocycles. The van der Waals surface area contributed by atoms with Crippen molar-refractivity contribution in [3.8, 4) is 0 Å². The molecular weight excluding hydrogens is 163 g/mol. The van der Waals surface area contributed by atoms with E-state index in [1.54, 1.807) is 18.2 Å². The molecule has 13 heavy (non-hydrogen) atoms. The summed E-state index contributed by atoms with van der Waals surface area (Å²) in [5.41, 5.74) is -2.57. The Morgan fingerprint density at radius 2 is 2.23 bits per heavy atom. The Morgan fingerprint density at radius 3 is 2.77 bits per heavy atom. The van der Waals surface area contributed by atoms with Crippen LogP contribution in [0.4, 0.5) is 4.39 Å². The first kappa shape index (κ1) is 4.59. The molecule has 0 saturated carbocycles. The zero-order valence-corrected chi connectivity index (χ0v) is 7.76. The highest BCUT2D eigenvalue weighted by Gasteiger charge is 2.26. The van der Waals surface area contributed by atoms with Crippen molar-refractivity contribution in [3.63, 3.8) is 0 Å². The summed E-state index contributed by atoms with van der Waals surface area (Å²) in [7, 11) is 0. The number of benzene rings is 1. The fourth-order valence-electron chi connectivity index (χ4n) is 1.18. The standard InChI is InChI=1S/C12H17F/c1-10(2)9-12(3,13)11-7-5-4-6-8-11/h4-8,10H,9H2,1-3H3/t12-/m0/s1/i1D3,9D2,10D/t10?,12-. The van der Waals surface area contributed by atoms with Gasteiger partial charge in [0.1, 0.15) is 5.67 Å². The monoisotopic (exact) mass is 186 g/mol. The maximum absolute atomic E-state index is 14.9. The van der Waals surface area contributed by atoms with Crippen LogP contribution in [0.3, 0.4) is 0 Å². The van der Waals surface area contributed by atoms with Crippen LogP contribution < -0.4 is 0 Å².